The molecule has 1 atom stereocenters. The Bertz CT molecular complexity index is 1440. The fraction of sp³-hybridized carbons (Fsp3) is 0.333. The van der Waals surface area contributed by atoms with Gasteiger partial charge in [0.05, 0.1) is 24.8 Å². The van der Waals surface area contributed by atoms with Gasteiger partial charge in [-0.25, -0.2) is 12.8 Å². The van der Waals surface area contributed by atoms with Crippen LogP contribution in [-0.4, -0.2) is 58.5 Å². The summed E-state index contributed by atoms with van der Waals surface area (Å²) in [5.41, 5.74) is 0.336. The summed E-state index contributed by atoms with van der Waals surface area (Å²) in [7, 11) is -1.39. The van der Waals surface area contributed by atoms with Crippen molar-refractivity contribution in [2.24, 2.45) is 0 Å². The molecular formula is C30H36FN3O6S. The molecule has 0 aromatic heterocycles. The number of sulfonamides is 1. The zero-order chi connectivity index (χ0) is 30.0. The van der Waals surface area contributed by atoms with E-state index < -0.39 is 40.2 Å². The number of hydrogen-bond donors (Lipinski definition) is 1. The van der Waals surface area contributed by atoms with Crippen molar-refractivity contribution in [2.45, 2.75) is 44.2 Å². The van der Waals surface area contributed by atoms with E-state index in [0.717, 1.165) is 17.1 Å². The number of nitrogens with zero attached hydrogens (tertiary/aromatic N) is 2. The molecule has 0 heterocycles. The highest BCUT2D eigenvalue weighted by Crippen LogP contribution is 2.34. The lowest BCUT2D eigenvalue weighted by Crippen LogP contribution is -2.51. The summed E-state index contributed by atoms with van der Waals surface area (Å²) >= 11 is 0. The van der Waals surface area contributed by atoms with E-state index in [4.69, 9.17) is 9.47 Å². The van der Waals surface area contributed by atoms with E-state index in [1.165, 1.54) is 74.6 Å². The van der Waals surface area contributed by atoms with Crippen LogP contribution >= 0.6 is 0 Å². The molecule has 0 aliphatic carbocycles. The fourth-order valence-electron chi connectivity index (χ4n) is 4.16. The number of amides is 2. The predicted molar refractivity (Wildman–Crippen MR) is 155 cm³/mol. The maximum Gasteiger partial charge on any atom is 0.264 e. The monoisotopic (exact) mass is 585 g/mol. The van der Waals surface area contributed by atoms with Gasteiger partial charge >= 0.3 is 0 Å². The Morgan fingerprint density at radius 3 is 2.24 bits per heavy atom. The zero-order valence-corrected chi connectivity index (χ0v) is 24.5. The highest BCUT2D eigenvalue weighted by atomic mass is 32.2. The summed E-state index contributed by atoms with van der Waals surface area (Å²) in [6, 6.07) is 17.1. The van der Waals surface area contributed by atoms with Gasteiger partial charge in [0.1, 0.15) is 18.4 Å². The van der Waals surface area contributed by atoms with Crippen molar-refractivity contribution >= 4 is 27.5 Å². The molecule has 220 valence electrons. The lowest BCUT2D eigenvalue weighted by atomic mass is 10.1. The van der Waals surface area contributed by atoms with E-state index >= 15 is 0 Å². The van der Waals surface area contributed by atoms with Crippen molar-refractivity contribution in [3.8, 4) is 11.5 Å². The molecule has 2 amide bonds. The Labute approximate surface area is 240 Å². The standard InChI is InChI=1S/C30H36FN3O6S/c1-5-6-18-32-30(36)22(2)33(20-23-12-10-11-15-26(23)31)29(35)21-34(41(37,38)25-13-8-7-9-14-25)24-16-17-27(39-3)28(19-24)40-4/h7-17,19,22H,5-6,18,20-21H2,1-4H3,(H,32,36). The van der Waals surface area contributed by atoms with E-state index in [1.807, 2.05) is 6.92 Å². The fourth-order valence-corrected chi connectivity index (χ4v) is 5.58. The number of anilines is 1. The molecule has 0 aliphatic heterocycles. The van der Waals surface area contributed by atoms with Crippen LogP contribution in [0.2, 0.25) is 0 Å². The van der Waals surface area contributed by atoms with Crippen molar-refractivity contribution < 1.29 is 31.9 Å². The van der Waals surface area contributed by atoms with Gasteiger partial charge in [-0.1, -0.05) is 49.7 Å². The first-order chi connectivity index (χ1) is 19.6. The van der Waals surface area contributed by atoms with Crippen LogP contribution in [-0.2, 0) is 26.2 Å². The number of nitrogens with one attached hydrogen (secondary N) is 1. The number of unbranched alkanes of at least 4 members (excludes halogenated alkanes) is 1. The van der Waals surface area contributed by atoms with Crippen molar-refractivity contribution in [3.05, 3.63) is 84.2 Å². The molecule has 41 heavy (non-hydrogen) atoms. The van der Waals surface area contributed by atoms with Gasteiger partial charge in [0.2, 0.25) is 11.8 Å². The van der Waals surface area contributed by atoms with Gasteiger partial charge in [-0.15, -0.1) is 0 Å². The van der Waals surface area contributed by atoms with Gasteiger partial charge < -0.3 is 19.7 Å². The third-order valence-electron chi connectivity index (χ3n) is 6.56. The van der Waals surface area contributed by atoms with Gasteiger partial charge in [0, 0.05) is 24.7 Å². The zero-order valence-electron chi connectivity index (χ0n) is 23.7. The second-order valence-corrected chi connectivity index (χ2v) is 11.2. The molecule has 0 aliphatic rings. The summed E-state index contributed by atoms with van der Waals surface area (Å²) < 4.78 is 54.0. The molecule has 1 N–H and O–H groups in total. The van der Waals surface area contributed by atoms with Crippen molar-refractivity contribution in [3.63, 3.8) is 0 Å². The Morgan fingerprint density at radius 2 is 1.61 bits per heavy atom. The number of carbonyl (C=O) groups is 2. The van der Waals surface area contributed by atoms with Gasteiger partial charge in [-0.05, 0) is 43.7 Å². The summed E-state index contributed by atoms with van der Waals surface area (Å²) in [5.74, 6) is -1.03. The lowest BCUT2D eigenvalue weighted by Gasteiger charge is -2.32. The van der Waals surface area contributed by atoms with E-state index in [-0.39, 0.29) is 28.4 Å². The normalized spacial score (nSPS) is 11.8. The third kappa shape index (κ3) is 7.75. The van der Waals surface area contributed by atoms with Gasteiger partial charge in [-0.3, -0.25) is 13.9 Å². The number of rotatable bonds is 14. The topological polar surface area (TPSA) is 105 Å². The molecule has 0 saturated carbocycles. The van der Waals surface area contributed by atoms with Crippen molar-refractivity contribution in [1.29, 1.82) is 0 Å². The highest BCUT2D eigenvalue weighted by molar-refractivity contribution is 7.92. The van der Waals surface area contributed by atoms with E-state index in [0.29, 0.717) is 12.3 Å². The second kappa shape index (κ2) is 14.5. The summed E-state index contributed by atoms with van der Waals surface area (Å²) in [4.78, 5) is 28.1. The minimum atomic E-state index is -4.26. The SMILES string of the molecule is CCCCNC(=O)C(C)N(Cc1ccccc1F)C(=O)CN(c1ccc(OC)c(OC)c1)S(=O)(=O)c1ccccc1. The maximum absolute atomic E-state index is 14.6. The molecule has 0 fully saturated rings. The van der Waals surface area contributed by atoms with E-state index in [2.05, 4.69) is 5.32 Å². The Hall–Kier alpha value is -4.12. The summed E-state index contributed by atoms with van der Waals surface area (Å²) in [6.45, 7) is 3.04. The largest absolute Gasteiger partial charge is 0.493 e. The highest BCUT2D eigenvalue weighted by Gasteiger charge is 2.33. The molecule has 0 radical (unpaired) electrons. The number of carbonyl (C=O) groups excluding carboxylic acids is 2. The number of methoxy groups -OCH3 is 2. The summed E-state index contributed by atoms with van der Waals surface area (Å²) in [5, 5.41) is 2.80. The Kier molecular flexibility index (Phi) is 11.1. The lowest BCUT2D eigenvalue weighted by molar-refractivity contribution is -0.139. The molecular weight excluding hydrogens is 549 g/mol. The van der Waals surface area contributed by atoms with Crippen LogP contribution in [0, 0.1) is 5.82 Å². The predicted octanol–water partition coefficient (Wildman–Crippen LogP) is 4.37. The molecule has 3 rings (SSSR count). The molecule has 0 saturated heterocycles. The average molecular weight is 586 g/mol. The number of benzene rings is 3. The van der Waals surface area contributed by atoms with Crippen LogP contribution in [0.4, 0.5) is 10.1 Å². The van der Waals surface area contributed by atoms with Crippen molar-refractivity contribution in [2.75, 3.05) is 31.6 Å². The van der Waals surface area contributed by atoms with Crippen LogP contribution in [0.5, 0.6) is 11.5 Å². The Morgan fingerprint density at radius 1 is 0.951 bits per heavy atom. The molecule has 0 bridgehead atoms. The first-order valence-electron chi connectivity index (χ1n) is 13.2. The van der Waals surface area contributed by atoms with Crippen LogP contribution in [0.15, 0.2) is 77.7 Å². The first-order valence-corrected chi connectivity index (χ1v) is 14.7. The maximum atomic E-state index is 14.6. The molecule has 9 nitrogen and oxygen atoms in total. The van der Waals surface area contributed by atoms with Gasteiger partial charge in [-0.2, -0.15) is 0 Å². The first kappa shape index (κ1) is 31.4. The van der Waals surface area contributed by atoms with Crippen LogP contribution < -0.4 is 19.1 Å². The molecule has 1 unspecified atom stereocenters. The minimum Gasteiger partial charge on any atom is -0.493 e. The van der Waals surface area contributed by atoms with Crippen LogP contribution in [0.3, 0.4) is 0 Å². The molecule has 11 heteroatoms. The minimum absolute atomic E-state index is 0.0337. The van der Waals surface area contributed by atoms with Crippen LogP contribution in [0.1, 0.15) is 32.3 Å². The smallest absolute Gasteiger partial charge is 0.264 e. The Balaban J connectivity index is 2.06. The number of halogens is 1. The van der Waals surface area contributed by atoms with Crippen molar-refractivity contribution in [1.82, 2.24) is 10.2 Å². The average Bonchev–Trinajstić information content (AvgIpc) is 2.99. The molecule has 0 spiro atoms. The second-order valence-electron chi connectivity index (χ2n) is 9.30. The van der Waals surface area contributed by atoms with E-state index in [9.17, 15) is 22.4 Å². The third-order valence-corrected chi connectivity index (χ3v) is 8.35. The van der Waals surface area contributed by atoms with E-state index in [1.54, 1.807) is 24.3 Å². The molecule has 3 aromatic carbocycles. The van der Waals surface area contributed by atoms with Gasteiger partial charge in [0.25, 0.3) is 10.0 Å². The van der Waals surface area contributed by atoms with Crippen LogP contribution in [0.25, 0.3) is 0 Å². The number of ether oxygens (including phenoxy) is 2. The van der Waals surface area contributed by atoms with Gasteiger partial charge in [0.15, 0.2) is 11.5 Å². The summed E-state index contributed by atoms with van der Waals surface area (Å²) in [6.07, 6.45) is 1.62. The quantitative estimate of drug-likeness (QED) is 0.282. The molecule has 3 aromatic rings. The number of hydrogen-bond acceptors (Lipinski definition) is 6.